The molecule has 0 aliphatic carbocycles. The van der Waals surface area contributed by atoms with Gasteiger partial charge in [-0.1, -0.05) is 20.8 Å². The van der Waals surface area contributed by atoms with Crippen molar-refractivity contribution in [1.82, 2.24) is 9.97 Å². The maximum Gasteiger partial charge on any atom is 0.138 e. The molecule has 1 saturated heterocycles. The van der Waals surface area contributed by atoms with Crippen LogP contribution in [0.2, 0.25) is 0 Å². The molecular formula is C15H26N4O. The molecule has 2 rings (SSSR count). The van der Waals surface area contributed by atoms with E-state index in [-0.39, 0.29) is 5.41 Å². The molecule has 1 aromatic rings. The Hall–Kier alpha value is -1.36. The van der Waals surface area contributed by atoms with Gasteiger partial charge in [-0.3, -0.25) is 0 Å². The average molecular weight is 278 g/mol. The number of hydrogen-bond donors (Lipinski definition) is 1. The lowest BCUT2D eigenvalue weighted by Crippen LogP contribution is -2.27. The molecule has 0 spiro atoms. The molecule has 0 bridgehead atoms. The van der Waals surface area contributed by atoms with Crippen LogP contribution in [0.4, 0.5) is 11.6 Å². The topological polar surface area (TPSA) is 50.3 Å². The molecule has 1 aliphatic rings. The predicted octanol–water partition coefficient (Wildman–Crippen LogP) is 2.35. The molecule has 5 heteroatoms. The highest BCUT2D eigenvalue weighted by Gasteiger charge is 2.28. The van der Waals surface area contributed by atoms with Crippen molar-refractivity contribution in [3.8, 4) is 0 Å². The molecular weight excluding hydrogens is 252 g/mol. The molecule has 1 aliphatic heterocycles. The number of aromatic nitrogens is 2. The van der Waals surface area contributed by atoms with Crippen LogP contribution in [0.1, 0.15) is 38.6 Å². The van der Waals surface area contributed by atoms with E-state index in [1.807, 2.05) is 7.05 Å². The maximum atomic E-state index is 5.46. The molecule has 112 valence electrons. The minimum atomic E-state index is -0.0611. The molecule has 2 heterocycles. The zero-order valence-electron chi connectivity index (χ0n) is 13.4. The van der Waals surface area contributed by atoms with E-state index < -0.39 is 0 Å². The number of nitrogens with one attached hydrogen (secondary N) is 1. The van der Waals surface area contributed by atoms with E-state index in [0.29, 0.717) is 6.10 Å². The Bertz CT molecular complexity index is 481. The molecule has 1 unspecified atom stereocenters. The molecule has 1 aromatic heterocycles. The largest absolute Gasteiger partial charge is 0.380 e. The van der Waals surface area contributed by atoms with Crippen LogP contribution in [0, 0.1) is 6.92 Å². The van der Waals surface area contributed by atoms with Crippen LogP contribution in [0.5, 0.6) is 0 Å². The normalized spacial score (nSPS) is 19.5. The number of methoxy groups -OCH3 is 1. The van der Waals surface area contributed by atoms with Crippen molar-refractivity contribution in [2.75, 3.05) is 37.5 Å². The second kappa shape index (κ2) is 5.56. The summed E-state index contributed by atoms with van der Waals surface area (Å²) in [5.74, 6) is 2.83. The highest BCUT2D eigenvalue weighted by Crippen LogP contribution is 2.30. The van der Waals surface area contributed by atoms with Gasteiger partial charge < -0.3 is 15.0 Å². The Morgan fingerprint density at radius 2 is 2.00 bits per heavy atom. The summed E-state index contributed by atoms with van der Waals surface area (Å²) in [5.41, 5.74) is 1.05. The Labute approximate surface area is 121 Å². The van der Waals surface area contributed by atoms with Crippen molar-refractivity contribution in [3.05, 3.63) is 11.4 Å². The first-order chi connectivity index (χ1) is 9.36. The zero-order valence-corrected chi connectivity index (χ0v) is 13.4. The van der Waals surface area contributed by atoms with Crippen molar-refractivity contribution in [2.45, 2.75) is 45.6 Å². The van der Waals surface area contributed by atoms with Crippen LogP contribution < -0.4 is 10.2 Å². The van der Waals surface area contributed by atoms with Gasteiger partial charge in [-0.2, -0.15) is 0 Å². The number of anilines is 2. The third-order valence-electron chi connectivity index (χ3n) is 3.81. The van der Waals surface area contributed by atoms with Crippen molar-refractivity contribution >= 4 is 11.6 Å². The highest BCUT2D eigenvalue weighted by atomic mass is 16.5. The molecule has 0 saturated carbocycles. The van der Waals surface area contributed by atoms with Gasteiger partial charge in [-0.05, 0) is 13.3 Å². The summed E-state index contributed by atoms with van der Waals surface area (Å²) in [7, 11) is 3.69. The number of ether oxygens (including phenoxy) is 1. The first-order valence-corrected chi connectivity index (χ1v) is 7.21. The number of nitrogens with zero attached hydrogens (tertiary/aromatic N) is 3. The minimum absolute atomic E-state index is 0.0611. The summed E-state index contributed by atoms with van der Waals surface area (Å²) < 4.78 is 5.46. The summed E-state index contributed by atoms with van der Waals surface area (Å²) in [6.45, 7) is 10.4. The lowest BCUT2D eigenvalue weighted by Gasteiger charge is -2.25. The van der Waals surface area contributed by atoms with Crippen LogP contribution in [-0.4, -0.2) is 43.3 Å². The molecule has 0 amide bonds. The van der Waals surface area contributed by atoms with Crippen molar-refractivity contribution < 1.29 is 4.74 Å². The molecule has 20 heavy (non-hydrogen) atoms. The lowest BCUT2D eigenvalue weighted by molar-refractivity contribution is 0.121. The Kier molecular flexibility index (Phi) is 4.18. The van der Waals surface area contributed by atoms with E-state index >= 15 is 0 Å². The highest BCUT2D eigenvalue weighted by molar-refractivity contribution is 5.59. The molecule has 1 atom stereocenters. The van der Waals surface area contributed by atoms with Gasteiger partial charge in [0.15, 0.2) is 0 Å². The van der Waals surface area contributed by atoms with E-state index in [0.717, 1.165) is 42.5 Å². The minimum Gasteiger partial charge on any atom is -0.380 e. The van der Waals surface area contributed by atoms with Crippen LogP contribution >= 0.6 is 0 Å². The van der Waals surface area contributed by atoms with Gasteiger partial charge in [0.25, 0.3) is 0 Å². The predicted molar refractivity (Wildman–Crippen MR) is 82.6 cm³/mol. The summed E-state index contributed by atoms with van der Waals surface area (Å²) in [4.78, 5) is 11.8. The fraction of sp³-hybridized carbons (Fsp3) is 0.733. The SMILES string of the molecule is CNc1nc(C(C)(C)C)nc(N2CCC(OC)C2)c1C. The van der Waals surface area contributed by atoms with Crippen LogP contribution in [0.3, 0.4) is 0 Å². The van der Waals surface area contributed by atoms with Gasteiger partial charge in [0.1, 0.15) is 17.5 Å². The number of hydrogen-bond acceptors (Lipinski definition) is 5. The molecule has 1 N–H and O–H groups in total. The first kappa shape index (κ1) is 15.0. The Balaban J connectivity index is 2.41. The average Bonchev–Trinajstić information content (AvgIpc) is 2.86. The van der Waals surface area contributed by atoms with Crippen molar-refractivity contribution in [3.63, 3.8) is 0 Å². The quantitative estimate of drug-likeness (QED) is 0.919. The zero-order chi connectivity index (χ0) is 14.9. The van der Waals surface area contributed by atoms with Gasteiger partial charge >= 0.3 is 0 Å². The van der Waals surface area contributed by atoms with E-state index in [9.17, 15) is 0 Å². The fourth-order valence-electron chi connectivity index (χ4n) is 2.50. The standard InChI is InChI=1S/C15H26N4O/c1-10-12(16-5)17-14(15(2,3)4)18-13(10)19-8-7-11(9-19)20-6/h11H,7-9H2,1-6H3,(H,16,17,18). The van der Waals surface area contributed by atoms with E-state index in [1.54, 1.807) is 7.11 Å². The Morgan fingerprint density at radius 1 is 1.30 bits per heavy atom. The summed E-state index contributed by atoms with van der Waals surface area (Å²) in [5, 5.41) is 3.19. The summed E-state index contributed by atoms with van der Waals surface area (Å²) >= 11 is 0. The van der Waals surface area contributed by atoms with Gasteiger partial charge in [-0.15, -0.1) is 0 Å². The van der Waals surface area contributed by atoms with Crippen LogP contribution in [-0.2, 0) is 10.2 Å². The lowest BCUT2D eigenvalue weighted by atomic mass is 9.95. The Morgan fingerprint density at radius 3 is 2.50 bits per heavy atom. The fourth-order valence-corrected chi connectivity index (χ4v) is 2.50. The first-order valence-electron chi connectivity index (χ1n) is 7.21. The monoisotopic (exact) mass is 278 g/mol. The third-order valence-corrected chi connectivity index (χ3v) is 3.81. The number of rotatable bonds is 3. The van der Waals surface area contributed by atoms with Gasteiger partial charge in [-0.25, -0.2) is 9.97 Å². The van der Waals surface area contributed by atoms with E-state index in [4.69, 9.17) is 9.72 Å². The van der Waals surface area contributed by atoms with Crippen molar-refractivity contribution in [2.24, 2.45) is 0 Å². The van der Waals surface area contributed by atoms with Crippen LogP contribution in [0.25, 0.3) is 0 Å². The molecule has 5 nitrogen and oxygen atoms in total. The second-order valence-electron chi connectivity index (χ2n) is 6.44. The van der Waals surface area contributed by atoms with Gasteiger partial charge in [0.2, 0.25) is 0 Å². The molecule has 1 fully saturated rings. The van der Waals surface area contributed by atoms with Gasteiger partial charge in [0.05, 0.1) is 6.10 Å². The van der Waals surface area contributed by atoms with E-state index in [1.165, 1.54) is 0 Å². The van der Waals surface area contributed by atoms with Gasteiger partial charge in [0, 0.05) is 38.2 Å². The maximum absolute atomic E-state index is 5.46. The van der Waals surface area contributed by atoms with E-state index in [2.05, 4.69) is 42.9 Å². The molecule has 0 radical (unpaired) electrons. The summed E-state index contributed by atoms with van der Waals surface area (Å²) in [6, 6.07) is 0. The molecule has 0 aromatic carbocycles. The second-order valence-corrected chi connectivity index (χ2v) is 6.44. The third kappa shape index (κ3) is 2.87. The summed E-state index contributed by atoms with van der Waals surface area (Å²) in [6.07, 6.45) is 1.36. The van der Waals surface area contributed by atoms with Crippen molar-refractivity contribution in [1.29, 1.82) is 0 Å². The van der Waals surface area contributed by atoms with Crippen LogP contribution in [0.15, 0.2) is 0 Å². The smallest absolute Gasteiger partial charge is 0.138 e.